The predicted molar refractivity (Wildman–Crippen MR) is 100 cm³/mol. The van der Waals surface area contributed by atoms with Crippen LogP contribution in [0.25, 0.3) is 0 Å². The molecular formula is C20H22N2O4. The first-order chi connectivity index (χ1) is 12.5. The Kier molecular flexibility index (Phi) is 5.35. The van der Waals surface area contributed by atoms with E-state index in [1.54, 1.807) is 43.3 Å². The molecule has 1 aliphatic carbocycles. The molecule has 0 bridgehead atoms. The van der Waals surface area contributed by atoms with Gasteiger partial charge in [0.1, 0.15) is 0 Å². The van der Waals surface area contributed by atoms with Crippen LogP contribution in [0.15, 0.2) is 36.4 Å². The van der Waals surface area contributed by atoms with E-state index in [-0.39, 0.29) is 24.7 Å². The van der Waals surface area contributed by atoms with E-state index < -0.39 is 6.10 Å². The van der Waals surface area contributed by atoms with Crippen molar-refractivity contribution in [3.8, 4) is 0 Å². The molecule has 136 valence electrons. The zero-order valence-corrected chi connectivity index (χ0v) is 14.6. The number of nitrogens with one attached hydrogen (secondary N) is 2. The fourth-order valence-corrected chi connectivity index (χ4v) is 3.08. The largest absolute Gasteiger partial charge is 0.396 e. The Morgan fingerprint density at radius 1 is 0.923 bits per heavy atom. The number of rotatable bonds is 7. The summed E-state index contributed by atoms with van der Waals surface area (Å²) in [6.45, 7) is 2.45. The number of aliphatic hydroxyl groups excluding tert-OH is 2. The third-order valence-corrected chi connectivity index (χ3v) is 4.31. The van der Waals surface area contributed by atoms with Crippen LogP contribution in [0, 0.1) is 0 Å². The van der Waals surface area contributed by atoms with Crippen LogP contribution in [0.4, 0.5) is 11.4 Å². The van der Waals surface area contributed by atoms with Crippen molar-refractivity contribution in [3.05, 3.63) is 58.7 Å². The molecule has 26 heavy (non-hydrogen) atoms. The molecule has 6 heteroatoms. The Balaban J connectivity index is 2.10. The maximum atomic E-state index is 13.1. The van der Waals surface area contributed by atoms with Crippen molar-refractivity contribution in [2.75, 3.05) is 30.3 Å². The number of carbonyl (C=O) groups excluding carboxylic acids is 2. The molecule has 3 rings (SSSR count). The Labute approximate surface area is 151 Å². The molecule has 0 radical (unpaired) electrons. The number of ketones is 2. The number of hydrogen-bond donors (Lipinski definition) is 4. The summed E-state index contributed by atoms with van der Waals surface area (Å²) in [4.78, 5) is 26.2. The van der Waals surface area contributed by atoms with Gasteiger partial charge in [-0.1, -0.05) is 24.3 Å². The van der Waals surface area contributed by atoms with Gasteiger partial charge in [0.25, 0.3) is 0 Å². The summed E-state index contributed by atoms with van der Waals surface area (Å²) >= 11 is 0. The van der Waals surface area contributed by atoms with Gasteiger partial charge in [-0.3, -0.25) is 9.59 Å². The SMILES string of the molecule is CC(O)CNc1ccc(NCCCO)c2c1C(=O)c1ccccc1C2=O. The minimum Gasteiger partial charge on any atom is -0.396 e. The number of carbonyl (C=O) groups is 2. The van der Waals surface area contributed by atoms with Gasteiger partial charge in [0, 0.05) is 42.2 Å². The van der Waals surface area contributed by atoms with Gasteiger partial charge in [-0.15, -0.1) is 0 Å². The second-order valence-corrected chi connectivity index (χ2v) is 6.35. The molecule has 0 aliphatic heterocycles. The Morgan fingerprint density at radius 3 is 1.96 bits per heavy atom. The molecule has 6 nitrogen and oxygen atoms in total. The molecule has 0 spiro atoms. The predicted octanol–water partition coefficient (Wildman–Crippen LogP) is 2.05. The molecule has 4 N–H and O–H groups in total. The minimum atomic E-state index is -0.588. The highest BCUT2D eigenvalue weighted by atomic mass is 16.3. The number of anilines is 2. The molecule has 0 saturated carbocycles. The molecule has 0 saturated heterocycles. The standard InChI is InChI=1S/C20H22N2O4/c1-12(24)11-22-16-8-7-15(21-9-4-10-23)17-18(16)20(26)14-6-3-2-5-13(14)19(17)25/h2-3,5-8,12,21-24H,4,9-11H2,1H3. The number of aliphatic hydroxyl groups is 2. The van der Waals surface area contributed by atoms with Gasteiger partial charge >= 0.3 is 0 Å². The van der Waals surface area contributed by atoms with Gasteiger partial charge in [-0.25, -0.2) is 0 Å². The van der Waals surface area contributed by atoms with Crippen molar-refractivity contribution in [2.45, 2.75) is 19.4 Å². The van der Waals surface area contributed by atoms with Gasteiger partial charge in [-0.05, 0) is 25.5 Å². The van der Waals surface area contributed by atoms with Crippen LogP contribution in [0.3, 0.4) is 0 Å². The molecule has 1 unspecified atom stereocenters. The van der Waals surface area contributed by atoms with Crippen LogP contribution < -0.4 is 10.6 Å². The van der Waals surface area contributed by atoms with Crippen molar-refractivity contribution >= 4 is 22.9 Å². The van der Waals surface area contributed by atoms with Gasteiger partial charge < -0.3 is 20.8 Å². The van der Waals surface area contributed by atoms with E-state index in [9.17, 15) is 14.7 Å². The van der Waals surface area contributed by atoms with E-state index in [1.807, 2.05) is 0 Å². The van der Waals surface area contributed by atoms with Gasteiger partial charge in [-0.2, -0.15) is 0 Å². The molecule has 0 amide bonds. The van der Waals surface area contributed by atoms with Crippen molar-refractivity contribution in [1.82, 2.24) is 0 Å². The third-order valence-electron chi connectivity index (χ3n) is 4.31. The first-order valence-corrected chi connectivity index (χ1v) is 8.66. The number of hydrogen-bond acceptors (Lipinski definition) is 6. The first kappa shape index (κ1) is 18.1. The normalized spacial score (nSPS) is 13.8. The Morgan fingerprint density at radius 2 is 1.46 bits per heavy atom. The van der Waals surface area contributed by atoms with Gasteiger partial charge in [0.2, 0.25) is 0 Å². The van der Waals surface area contributed by atoms with E-state index >= 15 is 0 Å². The van der Waals surface area contributed by atoms with Crippen molar-refractivity contribution in [3.63, 3.8) is 0 Å². The van der Waals surface area contributed by atoms with Crippen molar-refractivity contribution in [2.24, 2.45) is 0 Å². The highest BCUT2D eigenvalue weighted by Gasteiger charge is 2.33. The van der Waals surface area contributed by atoms with E-state index in [4.69, 9.17) is 5.11 Å². The zero-order chi connectivity index (χ0) is 18.7. The Hall–Kier alpha value is -2.70. The molecule has 1 atom stereocenters. The second-order valence-electron chi connectivity index (χ2n) is 6.35. The van der Waals surface area contributed by atoms with Gasteiger partial charge in [0.05, 0.1) is 17.2 Å². The molecule has 2 aromatic rings. The summed E-state index contributed by atoms with van der Waals surface area (Å²) in [6.07, 6.45) is -0.0510. The molecular weight excluding hydrogens is 332 g/mol. The van der Waals surface area contributed by atoms with Crippen LogP contribution in [-0.2, 0) is 0 Å². The summed E-state index contributed by atoms with van der Waals surface area (Å²) in [5.41, 5.74) is 2.54. The lowest BCUT2D eigenvalue weighted by Gasteiger charge is -2.24. The van der Waals surface area contributed by atoms with Gasteiger partial charge in [0.15, 0.2) is 11.6 Å². The van der Waals surface area contributed by atoms with E-state index in [0.717, 1.165) is 0 Å². The quantitative estimate of drug-likeness (QED) is 0.485. The summed E-state index contributed by atoms with van der Waals surface area (Å²) < 4.78 is 0. The highest BCUT2D eigenvalue weighted by Crippen LogP contribution is 2.36. The maximum Gasteiger partial charge on any atom is 0.196 e. The number of fused-ring (bicyclic) bond motifs is 2. The highest BCUT2D eigenvalue weighted by molar-refractivity contribution is 6.31. The average molecular weight is 354 g/mol. The van der Waals surface area contributed by atoms with Crippen LogP contribution in [0.1, 0.15) is 45.2 Å². The van der Waals surface area contributed by atoms with Crippen LogP contribution in [0.5, 0.6) is 0 Å². The molecule has 0 fully saturated rings. The van der Waals surface area contributed by atoms with Crippen molar-refractivity contribution < 1.29 is 19.8 Å². The lowest BCUT2D eigenvalue weighted by atomic mass is 9.82. The summed E-state index contributed by atoms with van der Waals surface area (Å²) in [7, 11) is 0. The summed E-state index contributed by atoms with van der Waals surface area (Å²) in [6, 6.07) is 10.3. The summed E-state index contributed by atoms with van der Waals surface area (Å²) in [5, 5.41) is 24.7. The van der Waals surface area contributed by atoms with Crippen molar-refractivity contribution in [1.29, 1.82) is 0 Å². The lowest BCUT2D eigenvalue weighted by molar-refractivity contribution is 0.0980. The van der Waals surface area contributed by atoms with Crippen LogP contribution in [0.2, 0.25) is 0 Å². The zero-order valence-electron chi connectivity index (χ0n) is 14.6. The molecule has 0 heterocycles. The first-order valence-electron chi connectivity index (χ1n) is 8.66. The fourth-order valence-electron chi connectivity index (χ4n) is 3.08. The summed E-state index contributed by atoms with van der Waals surface area (Å²) in [5.74, 6) is -0.420. The van der Waals surface area contributed by atoms with Crippen LogP contribution >= 0.6 is 0 Å². The fraction of sp³-hybridized carbons (Fsp3) is 0.300. The van der Waals surface area contributed by atoms with E-state index in [0.29, 0.717) is 46.6 Å². The number of benzene rings is 2. The topological polar surface area (TPSA) is 98.7 Å². The second kappa shape index (κ2) is 7.68. The monoisotopic (exact) mass is 354 g/mol. The molecule has 2 aromatic carbocycles. The average Bonchev–Trinajstić information content (AvgIpc) is 2.64. The Bertz CT molecular complexity index is 846. The lowest BCUT2D eigenvalue weighted by Crippen LogP contribution is -2.25. The molecule has 1 aliphatic rings. The molecule has 0 aromatic heterocycles. The third kappa shape index (κ3) is 3.34. The maximum absolute atomic E-state index is 13.1. The smallest absolute Gasteiger partial charge is 0.196 e. The van der Waals surface area contributed by atoms with E-state index in [1.165, 1.54) is 0 Å². The van der Waals surface area contributed by atoms with Crippen LogP contribution in [-0.4, -0.2) is 47.6 Å². The minimum absolute atomic E-state index is 0.0406. The van der Waals surface area contributed by atoms with E-state index in [2.05, 4.69) is 10.6 Å².